The first kappa shape index (κ1) is 23.5. The third-order valence-electron chi connectivity index (χ3n) is 3.20. The Labute approximate surface area is 137 Å². The van der Waals surface area contributed by atoms with Crippen molar-refractivity contribution in [2.45, 2.75) is 40.7 Å². The van der Waals surface area contributed by atoms with Crippen molar-refractivity contribution in [3.8, 4) is 0 Å². The quantitative estimate of drug-likeness (QED) is 0.669. The van der Waals surface area contributed by atoms with Crippen molar-refractivity contribution >= 4 is 11.8 Å². The highest BCUT2D eigenvalue weighted by atomic mass is 32.2. The first-order valence-electron chi connectivity index (χ1n) is 8.43. The van der Waals surface area contributed by atoms with Gasteiger partial charge in [-0.15, -0.1) is 0 Å². The van der Waals surface area contributed by atoms with Crippen molar-refractivity contribution < 1.29 is 5.11 Å². The molecule has 1 aliphatic heterocycles. The number of nitrogens with zero attached hydrogens (tertiary/aromatic N) is 2. The van der Waals surface area contributed by atoms with E-state index in [1.165, 1.54) is 50.8 Å². The highest BCUT2D eigenvalue weighted by molar-refractivity contribution is 7.99. The second-order valence-corrected chi connectivity index (χ2v) is 6.38. The van der Waals surface area contributed by atoms with Crippen LogP contribution in [0.4, 0.5) is 0 Å². The van der Waals surface area contributed by atoms with Crippen molar-refractivity contribution in [2.24, 2.45) is 0 Å². The van der Waals surface area contributed by atoms with E-state index >= 15 is 0 Å². The second-order valence-electron chi connectivity index (χ2n) is 4.99. The average Bonchev–Trinajstić information content (AvgIpc) is 2.53. The van der Waals surface area contributed by atoms with Crippen LogP contribution in [-0.4, -0.2) is 85.4 Å². The van der Waals surface area contributed by atoms with Gasteiger partial charge < -0.3 is 10.4 Å². The Morgan fingerprint density at radius 3 is 1.90 bits per heavy atom. The first-order valence-corrected chi connectivity index (χ1v) is 9.58. The van der Waals surface area contributed by atoms with E-state index in [-0.39, 0.29) is 0 Å². The molecule has 0 aromatic rings. The zero-order valence-corrected chi connectivity index (χ0v) is 16.0. The van der Waals surface area contributed by atoms with Crippen molar-refractivity contribution in [1.29, 1.82) is 0 Å². The first-order chi connectivity index (χ1) is 10.2. The molecule has 5 heteroatoms. The van der Waals surface area contributed by atoms with Gasteiger partial charge in [-0.05, 0) is 5.75 Å². The van der Waals surface area contributed by atoms with Crippen molar-refractivity contribution in [2.75, 3.05) is 64.4 Å². The topological polar surface area (TPSA) is 38.7 Å². The summed E-state index contributed by atoms with van der Waals surface area (Å²) < 4.78 is 0. The highest BCUT2D eigenvalue weighted by Gasteiger charge is 2.15. The van der Waals surface area contributed by atoms with Crippen LogP contribution in [0, 0.1) is 0 Å². The molecule has 0 aromatic carbocycles. The van der Waals surface area contributed by atoms with Crippen molar-refractivity contribution in [3.05, 3.63) is 0 Å². The molecule has 0 saturated carbocycles. The summed E-state index contributed by atoms with van der Waals surface area (Å²) in [4.78, 5) is 5.19. The van der Waals surface area contributed by atoms with Crippen molar-refractivity contribution in [3.63, 3.8) is 0 Å². The number of piperazine rings is 1. The average molecular weight is 322 g/mol. The number of rotatable bonds is 8. The largest absolute Gasteiger partial charge is 0.400 e. The fourth-order valence-electron chi connectivity index (χ4n) is 2.09. The lowest BCUT2D eigenvalue weighted by Gasteiger charge is -2.34. The van der Waals surface area contributed by atoms with Gasteiger partial charge in [0.25, 0.3) is 0 Å². The van der Waals surface area contributed by atoms with E-state index < -0.39 is 0 Å². The van der Waals surface area contributed by atoms with Crippen LogP contribution >= 0.6 is 11.8 Å². The SMILES string of the molecule is CC.CCSCCN1CCN(CCNC(C)C)CC1.CO. The zero-order valence-electron chi connectivity index (χ0n) is 15.2. The number of hydrogen-bond acceptors (Lipinski definition) is 5. The fourth-order valence-corrected chi connectivity index (χ4v) is 2.76. The van der Waals surface area contributed by atoms with E-state index in [0.717, 1.165) is 13.7 Å². The summed E-state index contributed by atoms with van der Waals surface area (Å²) in [5.74, 6) is 2.55. The Morgan fingerprint density at radius 1 is 1.00 bits per heavy atom. The number of aliphatic hydroxyl groups is 1. The number of nitrogens with one attached hydrogen (secondary N) is 1. The molecule has 4 nitrogen and oxygen atoms in total. The minimum Gasteiger partial charge on any atom is -0.400 e. The molecular formula is C16H39N3OS. The summed E-state index contributed by atoms with van der Waals surface area (Å²) in [6, 6.07) is 0.613. The number of aliphatic hydroxyl groups excluding tert-OH is 1. The molecule has 0 aliphatic carbocycles. The Morgan fingerprint density at radius 2 is 1.48 bits per heavy atom. The second kappa shape index (κ2) is 18.2. The van der Waals surface area contributed by atoms with Gasteiger partial charge in [0.2, 0.25) is 0 Å². The maximum Gasteiger partial charge on any atom is 0.0319 e. The molecule has 1 rings (SSSR count). The van der Waals surface area contributed by atoms with Crippen LogP contribution in [0.5, 0.6) is 0 Å². The molecule has 0 spiro atoms. The maximum absolute atomic E-state index is 7.00. The predicted molar refractivity (Wildman–Crippen MR) is 98.5 cm³/mol. The van der Waals surface area contributed by atoms with Gasteiger partial charge in [0, 0.05) is 64.7 Å². The summed E-state index contributed by atoms with van der Waals surface area (Å²) in [6.07, 6.45) is 0. The van der Waals surface area contributed by atoms with Crippen LogP contribution in [0.25, 0.3) is 0 Å². The van der Waals surface area contributed by atoms with E-state index in [4.69, 9.17) is 5.11 Å². The molecule has 2 N–H and O–H groups in total. The van der Waals surface area contributed by atoms with Gasteiger partial charge in [-0.2, -0.15) is 11.8 Å². The molecule has 0 atom stereocenters. The van der Waals surface area contributed by atoms with Gasteiger partial charge in [0.15, 0.2) is 0 Å². The smallest absolute Gasteiger partial charge is 0.0319 e. The van der Waals surface area contributed by atoms with Crippen molar-refractivity contribution in [1.82, 2.24) is 15.1 Å². The fraction of sp³-hybridized carbons (Fsp3) is 1.00. The summed E-state index contributed by atoms with van der Waals surface area (Å²) in [5, 5.41) is 10.5. The lowest BCUT2D eigenvalue weighted by molar-refractivity contribution is 0.138. The summed E-state index contributed by atoms with van der Waals surface area (Å²) >= 11 is 2.05. The molecule has 0 aromatic heterocycles. The predicted octanol–water partition coefficient (Wildman–Crippen LogP) is 1.99. The molecular weight excluding hydrogens is 282 g/mol. The Balaban J connectivity index is 0. The van der Waals surface area contributed by atoms with E-state index in [2.05, 4.69) is 47.6 Å². The number of hydrogen-bond donors (Lipinski definition) is 2. The van der Waals surface area contributed by atoms with E-state index in [0.29, 0.717) is 6.04 Å². The third-order valence-corrected chi connectivity index (χ3v) is 4.08. The molecule has 1 heterocycles. The summed E-state index contributed by atoms with van der Waals surface area (Å²) in [6.45, 7) is 19.3. The minimum absolute atomic E-state index is 0.613. The lowest BCUT2D eigenvalue weighted by Crippen LogP contribution is -2.48. The Bertz CT molecular complexity index is 186. The molecule has 0 amide bonds. The monoisotopic (exact) mass is 321 g/mol. The lowest BCUT2D eigenvalue weighted by atomic mass is 10.3. The van der Waals surface area contributed by atoms with E-state index in [9.17, 15) is 0 Å². The van der Waals surface area contributed by atoms with Crippen LogP contribution in [-0.2, 0) is 0 Å². The van der Waals surface area contributed by atoms with Gasteiger partial charge in [0.1, 0.15) is 0 Å². The normalized spacial score (nSPS) is 16.0. The van der Waals surface area contributed by atoms with Gasteiger partial charge in [-0.25, -0.2) is 0 Å². The summed E-state index contributed by atoms with van der Waals surface area (Å²) in [7, 11) is 1.00. The zero-order chi connectivity index (χ0) is 16.5. The van der Waals surface area contributed by atoms with Gasteiger partial charge in [0.05, 0.1) is 0 Å². The molecule has 130 valence electrons. The van der Waals surface area contributed by atoms with Crippen LogP contribution in [0.15, 0.2) is 0 Å². The molecule has 21 heavy (non-hydrogen) atoms. The van der Waals surface area contributed by atoms with Gasteiger partial charge >= 0.3 is 0 Å². The Hall–Kier alpha value is 0.190. The van der Waals surface area contributed by atoms with Crippen LogP contribution in [0.2, 0.25) is 0 Å². The standard InChI is InChI=1S/C13H29N3S.C2H6.CH4O/c1-4-17-12-11-16-9-7-15(8-10-16)6-5-14-13(2)3;2*1-2/h13-14H,4-12H2,1-3H3;1-2H3;2H,1H3. The molecule has 1 aliphatic rings. The van der Waals surface area contributed by atoms with E-state index in [1.807, 2.05) is 13.8 Å². The van der Waals surface area contributed by atoms with E-state index in [1.54, 1.807) is 0 Å². The third kappa shape index (κ3) is 14.9. The maximum atomic E-state index is 7.00. The summed E-state index contributed by atoms with van der Waals surface area (Å²) in [5.41, 5.74) is 0. The minimum atomic E-state index is 0.613. The molecule has 1 saturated heterocycles. The molecule has 0 radical (unpaired) electrons. The van der Waals surface area contributed by atoms with Gasteiger partial charge in [-0.3, -0.25) is 9.80 Å². The van der Waals surface area contributed by atoms with Crippen LogP contribution < -0.4 is 5.32 Å². The van der Waals surface area contributed by atoms with Crippen LogP contribution in [0.1, 0.15) is 34.6 Å². The molecule has 0 bridgehead atoms. The molecule has 0 unspecified atom stereocenters. The Kier molecular flexibility index (Phi) is 20.4. The van der Waals surface area contributed by atoms with Gasteiger partial charge in [-0.1, -0.05) is 34.6 Å². The number of thioether (sulfide) groups is 1. The molecule has 1 fully saturated rings. The highest BCUT2D eigenvalue weighted by Crippen LogP contribution is 2.04. The van der Waals surface area contributed by atoms with Crippen LogP contribution in [0.3, 0.4) is 0 Å².